The molecule has 2 N–H and O–H groups in total. The number of non-ortho nitro benzene ring substituents is 1. The second-order valence-electron chi connectivity index (χ2n) is 5.54. The molecule has 28 heavy (non-hydrogen) atoms. The largest absolute Gasteiger partial charge is 0.503 e. The molecule has 0 bridgehead atoms. The molecule has 0 spiro atoms. The number of nitrogens with zero attached hydrogens (tertiary/aromatic N) is 2. The van der Waals surface area contributed by atoms with Crippen molar-refractivity contribution in [3.8, 4) is 23.0 Å². The van der Waals surface area contributed by atoms with Crippen LogP contribution in [-0.2, 0) is 0 Å². The van der Waals surface area contributed by atoms with Crippen LogP contribution in [0.4, 0.5) is 11.4 Å². The van der Waals surface area contributed by atoms with Gasteiger partial charge in [0, 0.05) is 30.1 Å². The van der Waals surface area contributed by atoms with Gasteiger partial charge in [0.05, 0.1) is 12.0 Å². The van der Waals surface area contributed by atoms with E-state index in [0.717, 1.165) is 0 Å². The molecule has 0 aliphatic carbocycles. The predicted molar refractivity (Wildman–Crippen MR) is 100 cm³/mol. The molecule has 9 heteroatoms. The van der Waals surface area contributed by atoms with Crippen molar-refractivity contribution in [2.75, 3.05) is 12.4 Å². The van der Waals surface area contributed by atoms with Crippen molar-refractivity contribution < 1.29 is 24.3 Å². The molecule has 0 unspecified atom stereocenters. The molecule has 3 rings (SSSR count). The maximum atomic E-state index is 12.3. The predicted octanol–water partition coefficient (Wildman–Crippen LogP) is 3.75. The highest BCUT2D eigenvalue weighted by Crippen LogP contribution is 2.29. The van der Waals surface area contributed by atoms with E-state index in [1.54, 1.807) is 24.3 Å². The average molecular weight is 381 g/mol. The van der Waals surface area contributed by atoms with E-state index in [-0.39, 0.29) is 22.9 Å². The van der Waals surface area contributed by atoms with E-state index in [9.17, 15) is 20.0 Å². The molecule has 3 aromatic rings. The van der Waals surface area contributed by atoms with Gasteiger partial charge < -0.3 is 19.9 Å². The quantitative estimate of drug-likeness (QED) is 0.492. The summed E-state index contributed by atoms with van der Waals surface area (Å²) in [7, 11) is 1.38. The van der Waals surface area contributed by atoms with Crippen molar-refractivity contribution in [1.29, 1.82) is 0 Å². The molecule has 1 heterocycles. The van der Waals surface area contributed by atoms with Crippen molar-refractivity contribution in [2.24, 2.45) is 0 Å². The molecule has 0 saturated carbocycles. The van der Waals surface area contributed by atoms with Crippen LogP contribution in [0, 0.1) is 10.1 Å². The van der Waals surface area contributed by atoms with E-state index in [1.807, 2.05) is 0 Å². The van der Waals surface area contributed by atoms with Crippen LogP contribution in [0.25, 0.3) is 0 Å². The van der Waals surface area contributed by atoms with Crippen LogP contribution in [0.2, 0.25) is 0 Å². The van der Waals surface area contributed by atoms with Crippen LogP contribution in [0.1, 0.15) is 10.5 Å². The lowest BCUT2D eigenvalue weighted by Crippen LogP contribution is -2.14. The molecule has 9 nitrogen and oxygen atoms in total. The van der Waals surface area contributed by atoms with Gasteiger partial charge in [0.15, 0.2) is 17.2 Å². The summed E-state index contributed by atoms with van der Waals surface area (Å²) in [6, 6.07) is 13.6. The highest BCUT2D eigenvalue weighted by molar-refractivity contribution is 6.05. The smallest absolute Gasteiger partial charge is 0.278 e. The number of pyridine rings is 1. The molecular weight excluding hydrogens is 366 g/mol. The SMILES string of the molecule is COc1ccnc(C(=O)Nc2ccc(Oc3ccc([N+](=O)[O-])cc3)cc2)c1O. The lowest BCUT2D eigenvalue weighted by molar-refractivity contribution is -0.384. The standard InChI is InChI=1S/C19H15N3O6/c1-27-16-10-11-20-17(18(16)23)19(24)21-12-2-6-14(7-3-12)28-15-8-4-13(5-9-15)22(25)26/h2-11,23H,1H3,(H,21,24). The van der Waals surface area contributed by atoms with E-state index in [0.29, 0.717) is 17.2 Å². The van der Waals surface area contributed by atoms with Crippen LogP contribution in [0.3, 0.4) is 0 Å². The Morgan fingerprint density at radius 1 is 1.07 bits per heavy atom. The number of hydrogen-bond donors (Lipinski definition) is 2. The number of nitro groups is 1. The van der Waals surface area contributed by atoms with Gasteiger partial charge in [-0.2, -0.15) is 0 Å². The molecule has 0 aliphatic rings. The van der Waals surface area contributed by atoms with Crippen LogP contribution in [0.15, 0.2) is 60.8 Å². The van der Waals surface area contributed by atoms with Crippen molar-refractivity contribution in [3.63, 3.8) is 0 Å². The second kappa shape index (κ2) is 8.04. The van der Waals surface area contributed by atoms with Crippen LogP contribution >= 0.6 is 0 Å². The highest BCUT2D eigenvalue weighted by Gasteiger charge is 2.16. The van der Waals surface area contributed by atoms with E-state index in [4.69, 9.17) is 9.47 Å². The van der Waals surface area contributed by atoms with Crippen molar-refractivity contribution in [2.45, 2.75) is 0 Å². The summed E-state index contributed by atoms with van der Waals surface area (Å²) in [5, 5.41) is 23.3. The Labute approximate surface area is 159 Å². The number of aromatic nitrogens is 1. The van der Waals surface area contributed by atoms with E-state index in [2.05, 4.69) is 10.3 Å². The van der Waals surface area contributed by atoms with Crippen molar-refractivity contribution >= 4 is 17.3 Å². The number of carbonyl (C=O) groups is 1. The summed E-state index contributed by atoms with van der Waals surface area (Å²) < 4.78 is 10.6. The first kappa shape index (κ1) is 18.6. The molecule has 2 aromatic carbocycles. The van der Waals surface area contributed by atoms with E-state index >= 15 is 0 Å². The van der Waals surface area contributed by atoms with Gasteiger partial charge >= 0.3 is 0 Å². The first-order valence-corrected chi connectivity index (χ1v) is 8.03. The fraction of sp³-hybridized carbons (Fsp3) is 0.0526. The Hall–Kier alpha value is -4.14. The number of aromatic hydroxyl groups is 1. The van der Waals surface area contributed by atoms with E-state index < -0.39 is 10.8 Å². The summed E-state index contributed by atoms with van der Waals surface area (Å²) >= 11 is 0. The zero-order valence-electron chi connectivity index (χ0n) is 14.7. The zero-order chi connectivity index (χ0) is 20.1. The molecule has 142 valence electrons. The van der Waals surface area contributed by atoms with Crippen molar-refractivity contribution in [3.05, 3.63) is 76.6 Å². The van der Waals surface area contributed by atoms with Gasteiger partial charge in [-0.25, -0.2) is 4.98 Å². The molecule has 0 fully saturated rings. The number of methoxy groups -OCH3 is 1. The molecule has 0 radical (unpaired) electrons. The fourth-order valence-corrected chi connectivity index (χ4v) is 2.34. The third-order valence-electron chi connectivity index (χ3n) is 3.72. The van der Waals surface area contributed by atoms with Gasteiger partial charge in [0.1, 0.15) is 11.5 Å². The fourth-order valence-electron chi connectivity index (χ4n) is 2.34. The van der Waals surface area contributed by atoms with Gasteiger partial charge in [-0.1, -0.05) is 0 Å². The Kier molecular flexibility index (Phi) is 5.35. The van der Waals surface area contributed by atoms with Gasteiger partial charge in [-0.3, -0.25) is 14.9 Å². The van der Waals surface area contributed by atoms with Crippen LogP contribution < -0.4 is 14.8 Å². The molecule has 0 aliphatic heterocycles. The highest BCUT2D eigenvalue weighted by atomic mass is 16.6. The topological polar surface area (TPSA) is 124 Å². The van der Waals surface area contributed by atoms with Crippen LogP contribution in [-0.4, -0.2) is 28.0 Å². The molecule has 0 saturated heterocycles. The Morgan fingerprint density at radius 3 is 2.25 bits per heavy atom. The van der Waals surface area contributed by atoms with Gasteiger partial charge in [0.25, 0.3) is 11.6 Å². The number of anilines is 1. The van der Waals surface area contributed by atoms with Crippen molar-refractivity contribution in [1.82, 2.24) is 4.98 Å². The Balaban J connectivity index is 1.67. The second-order valence-corrected chi connectivity index (χ2v) is 5.54. The number of carbonyl (C=O) groups excluding carboxylic acids is 1. The summed E-state index contributed by atoms with van der Waals surface area (Å²) in [5.74, 6) is 0.121. The molecular formula is C19H15N3O6. The Morgan fingerprint density at radius 2 is 1.68 bits per heavy atom. The number of nitrogens with one attached hydrogen (secondary N) is 1. The summed E-state index contributed by atoms with van der Waals surface area (Å²) in [6.07, 6.45) is 1.36. The minimum Gasteiger partial charge on any atom is -0.503 e. The minimum absolute atomic E-state index is 0.0279. The average Bonchev–Trinajstić information content (AvgIpc) is 2.70. The summed E-state index contributed by atoms with van der Waals surface area (Å²) in [6.45, 7) is 0. The molecule has 0 atom stereocenters. The van der Waals surface area contributed by atoms with E-state index in [1.165, 1.54) is 43.6 Å². The van der Waals surface area contributed by atoms with Gasteiger partial charge in [-0.15, -0.1) is 0 Å². The number of hydrogen-bond acceptors (Lipinski definition) is 7. The number of ether oxygens (including phenoxy) is 2. The number of rotatable bonds is 6. The first-order valence-electron chi connectivity index (χ1n) is 8.03. The third kappa shape index (κ3) is 4.15. The summed E-state index contributed by atoms with van der Waals surface area (Å²) in [5.41, 5.74) is 0.274. The lowest BCUT2D eigenvalue weighted by atomic mass is 10.2. The maximum Gasteiger partial charge on any atom is 0.278 e. The van der Waals surface area contributed by atoms with Gasteiger partial charge in [0.2, 0.25) is 0 Å². The van der Waals surface area contributed by atoms with Gasteiger partial charge in [-0.05, 0) is 36.4 Å². The lowest BCUT2D eigenvalue weighted by Gasteiger charge is -2.09. The number of benzene rings is 2. The number of amides is 1. The normalized spacial score (nSPS) is 10.2. The summed E-state index contributed by atoms with van der Waals surface area (Å²) in [4.78, 5) is 26.3. The molecule has 1 amide bonds. The third-order valence-corrected chi connectivity index (χ3v) is 3.72. The maximum absolute atomic E-state index is 12.3. The number of nitro benzene ring substituents is 1. The Bertz CT molecular complexity index is 1000. The first-order chi connectivity index (χ1) is 13.5. The molecule has 1 aromatic heterocycles. The minimum atomic E-state index is -0.597. The zero-order valence-corrected chi connectivity index (χ0v) is 14.7. The van der Waals surface area contributed by atoms with Crippen LogP contribution in [0.5, 0.6) is 23.0 Å². The monoisotopic (exact) mass is 381 g/mol.